The standard InChI is InChI=1S/C24H22N6O5S4/c1-11-15(12-6-4-3-5-7-12)28-24(39-11)38-9-13-8-36-21-17(20(32)30(21)18(13)22(33)34)27-19(31)16(29-35-2)14-10-37-23(25)26-14/h3-7,10,17,21H,8-9H2,1-2H3,(H2,25,26)(H,27,31)(H,33,34)/t17-,21+/m1/s1. The Morgan fingerprint density at radius 2 is 2.08 bits per heavy atom. The van der Waals surface area contributed by atoms with Crippen LogP contribution >= 0.6 is 46.2 Å². The number of carbonyl (C=O) groups excluding carboxylic acids is 2. The molecule has 2 aliphatic heterocycles. The van der Waals surface area contributed by atoms with Crippen LogP contribution in [0.4, 0.5) is 5.13 Å². The molecule has 1 aromatic carbocycles. The van der Waals surface area contributed by atoms with Crippen LogP contribution in [0.2, 0.25) is 0 Å². The number of oxime groups is 1. The molecule has 5 rings (SSSR count). The van der Waals surface area contributed by atoms with Gasteiger partial charge in [-0.1, -0.05) is 47.2 Å². The van der Waals surface area contributed by atoms with E-state index in [0.29, 0.717) is 17.1 Å². The van der Waals surface area contributed by atoms with Gasteiger partial charge in [0.1, 0.15) is 29.9 Å². The molecule has 0 spiro atoms. The molecule has 0 radical (unpaired) electrons. The Morgan fingerprint density at radius 1 is 1.31 bits per heavy atom. The van der Waals surface area contributed by atoms with Crippen LogP contribution in [0, 0.1) is 6.92 Å². The van der Waals surface area contributed by atoms with Crippen LogP contribution in [0.1, 0.15) is 10.6 Å². The smallest absolute Gasteiger partial charge is 0.352 e. The highest BCUT2D eigenvalue weighted by Crippen LogP contribution is 2.42. The lowest BCUT2D eigenvalue weighted by Crippen LogP contribution is -2.71. The summed E-state index contributed by atoms with van der Waals surface area (Å²) < 4.78 is 0.823. The predicted molar refractivity (Wildman–Crippen MR) is 153 cm³/mol. The van der Waals surface area contributed by atoms with E-state index in [1.165, 1.54) is 35.5 Å². The number of hydrogen-bond acceptors (Lipinski definition) is 12. The minimum Gasteiger partial charge on any atom is -0.477 e. The van der Waals surface area contributed by atoms with Crippen molar-refractivity contribution in [3.8, 4) is 11.3 Å². The molecule has 0 aliphatic carbocycles. The second-order valence-corrected chi connectivity index (χ2v) is 12.8. The average molecular weight is 603 g/mol. The number of anilines is 1. The highest BCUT2D eigenvalue weighted by Gasteiger charge is 2.54. The van der Waals surface area contributed by atoms with Crippen molar-refractivity contribution in [1.29, 1.82) is 0 Å². The summed E-state index contributed by atoms with van der Waals surface area (Å²) >= 11 is 5.53. The second-order valence-electron chi connectivity index (χ2n) is 8.35. The summed E-state index contributed by atoms with van der Waals surface area (Å²) in [5.41, 5.74) is 8.26. The van der Waals surface area contributed by atoms with E-state index >= 15 is 0 Å². The molecule has 1 fully saturated rings. The fourth-order valence-electron chi connectivity index (χ4n) is 4.14. The van der Waals surface area contributed by atoms with Crippen LogP contribution in [0.25, 0.3) is 11.3 Å². The third kappa shape index (κ3) is 5.39. The van der Waals surface area contributed by atoms with Crippen molar-refractivity contribution >= 4 is 74.8 Å². The Balaban J connectivity index is 1.29. The van der Waals surface area contributed by atoms with Crippen molar-refractivity contribution < 1.29 is 24.3 Å². The summed E-state index contributed by atoms with van der Waals surface area (Å²) in [6, 6.07) is 8.95. The van der Waals surface area contributed by atoms with E-state index in [-0.39, 0.29) is 22.2 Å². The third-order valence-corrected chi connectivity index (χ3v) is 10.1. The van der Waals surface area contributed by atoms with E-state index < -0.39 is 29.2 Å². The Labute approximate surface area is 239 Å². The number of thioether (sulfide) groups is 2. The van der Waals surface area contributed by atoms with Gasteiger partial charge in [0, 0.05) is 27.3 Å². The topological polar surface area (TPSA) is 160 Å². The van der Waals surface area contributed by atoms with Crippen LogP contribution in [0.3, 0.4) is 0 Å². The maximum Gasteiger partial charge on any atom is 0.352 e. The van der Waals surface area contributed by atoms with Crippen LogP contribution in [0.15, 0.2) is 56.5 Å². The van der Waals surface area contributed by atoms with Gasteiger partial charge in [0.2, 0.25) is 0 Å². The van der Waals surface area contributed by atoms with Crippen molar-refractivity contribution in [2.24, 2.45) is 5.16 Å². The number of aryl methyl sites for hydroxylation is 1. The van der Waals surface area contributed by atoms with Crippen LogP contribution < -0.4 is 11.1 Å². The molecule has 2 aliphatic rings. The molecule has 2 aromatic heterocycles. The van der Waals surface area contributed by atoms with Gasteiger partial charge in [0.15, 0.2) is 15.2 Å². The number of benzene rings is 1. The van der Waals surface area contributed by atoms with E-state index in [1.54, 1.807) is 16.7 Å². The number of aliphatic carboxylic acids is 1. The number of thiazole rings is 2. The fourth-order valence-corrected chi connectivity index (χ4v) is 8.30. The molecular formula is C24H22N6O5S4. The zero-order chi connectivity index (χ0) is 27.7. The monoisotopic (exact) mass is 602 g/mol. The number of β-lactam (4-membered cyclic amide) rings is 1. The van der Waals surface area contributed by atoms with Crippen molar-refractivity contribution in [2.75, 3.05) is 24.3 Å². The Bertz CT molecular complexity index is 1500. The molecule has 11 nitrogen and oxygen atoms in total. The molecular weight excluding hydrogens is 581 g/mol. The minimum atomic E-state index is -1.19. The van der Waals surface area contributed by atoms with Gasteiger partial charge in [-0.05, 0) is 12.5 Å². The molecule has 2 atom stereocenters. The van der Waals surface area contributed by atoms with Crippen molar-refractivity contribution in [1.82, 2.24) is 20.2 Å². The molecule has 4 N–H and O–H groups in total. The molecule has 2 amide bonds. The number of nitrogen functional groups attached to an aromatic ring is 1. The summed E-state index contributed by atoms with van der Waals surface area (Å²) in [6.45, 7) is 2.01. The maximum absolute atomic E-state index is 13.1. The zero-order valence-corrected chi connectivity index (χ0v) is 23.9. The molecule has 15 heteroatoms. The maximum atomic E-state index is 13.1. The molecule has 0 saturated carbocycles. The Kier molecular flexibility index (Phi) is 7.93. The zero-order valence-electron chi connectivity index (χ0n) is 20.6. The summed E-state index contributed by atoms with van der Waals surface area (Å²) in [6.07, 6.45) is 0. The van der Waals surface area contributed by atoms with Crippen molar-refractivity contribution in [3.63, 3.8) is 0 Å². The molecule has 1 saturated heterocycles. The lowest BCUT2D eigenvalue weighted by atomic mass is 10.0. The normalized spacial score (nSPS) is 19.0. The molecule has 39 heavy (non-hydrogen) atoms. The second kappa shape index (κ2) is 11.4. The van der Waals surface area contributed by atoms with Gasteiger partial charge in [-0.3, -0.25) is 14.5 Å². The molecule has 0 bridgehead atoms. The highest BCUT2D eigenvalue weighted by atomic mass is 32.2. The Hall–Kier alpha value is -3.40. The molecule has 3 aromatic rings. The predicted octanol–water partition coefficient (Wildman–Crippen LogP) is 3.04. The first-order valence-electron chi connectivity index (χ1n) is 11.5. The number of nitrogens with zero attached hydrogens (tertiary/aromatic N) is 4. The largest absolute Gasteiger partial charge is 0.477 e. The van der Waals surface area contributed by atoms with Gasteiger partial charge >= 0.3 is 5.97 Å². The van der Waals surface area contributed by atoms with E-state index in [2.05, 4.69) is 15.5 Å². The van der Waals surface area contributed by atoms with Crippen LogP contribution in [-0.4, -0.2) is 73.5 Å². The first-order chi connectivity index (χ1) is 18.8. The minimum absolute atomic E-state index is 0.0450. The number of carboxylic acid groups (broad SMARTS) is 1. The van der Waals surface area contributed by atoms with Crippen LogP contribution in [0.5, 0.6) is 0 Å². The van der Waals surface area contributed by atoms with Gasteiger partial charge < -0.3 is 21.0 Å². The fraction of sp³-hybridized carbons (Fsp3) is 0.250. The number of aromatic nitrogens is 2. The molecule has 202 valence electrons. The summed E-state index contributed by atoms with van der Waals surface area (Å²) in [7, 11) is 1.29. The Morgan fingerprint density at radius 3 is 2.74 bits per heavy atom. The lowest BCUT2D eigenvalue weighted by Gasteiger charge is -2.49. The molecule has 4 heterocycles. The number of fused-ring (bicyclic) bond motifs is 1. The van der Waals surface area contributed by atoms with Crippen LogP contribution in [-0.2, 0) is 19.2 Å². The number of nitrogens with two attached hydrogens (primary N) is 1. The number of nitrogens with one attached hydrogen (secondary N) is 1. The van der Waals surface area contributed by atoms with Gasteiger partial charge in [-0.15, -0.1) is 34.4 Å². The van der Waals surface area contributed by atoms with E-state index in [9.17, 15) is 19.5 Å². The highest BCUT2D eigenvalue weighted by molar-refractivity contribution is 8.01. The number of hydrogen-bond donors (Lipinski definition) is 3. The van der Waals surface area contributed by atoms with E-state index in [1.807, 2.05) is 37.3 Å². The van der Waals surface area contributed by atoms with Crippen molar-refractivity contribution in [2.45, 2.75) is 22.7 Å². The van der Waals surface area contributed by atoms with Crippen molar-refractivity contribution in [3.05, 3.63) is 57.6 Å². The number of carbonyl (C=O) groups is 3. The van der Waals surface area contributed by atoms with E-state index in [0.717, 1.165) is 31.8 Å². The summed E-state index contributed by atoms with van der Waals surface area (Å²) in [5.74, 6) is -1.59. The number of carboxylic acids is 1. The summed E-state index contributed by atoms with van der Waals surface area (Å²) in [4.78, 5) is 54.1. The van der Waals surface area contributed by atoms with E-state index in [4.69, 9.17) is 15.6 Å². The molecule has 0 unspecified atom stereocenters. The first-order valence-corrected chi connectivity index (χ1v) is 15.2. The van der Waals surface area contributed by atoms with Gasteiger partial charge in [-0.2, -0.15) is 0 Å². The number of amides is 2. The lowest BCUT2D eigenvalue weighted by molar-refractivity contribution is -0.150. The third-order valence-electron chi connectivity index (χ3n) is 5.89. The summed E-state index contributed by atoms with van der Waals surface area (Å²) in [5, 5.41) is 17.6. The quantitative estimate of drug-likeness (QED) is 0.144. The average Bonchev–Trinajstić information content (AvgIpc) is 3.53. The first kappa shape index (κ1) is 27.2. The van der Waals surface area contributed by atoms with Gasteiger partial charge in [0.05, 0.1) is 5.69 Å². The number of rotatable bonds is 9. The van der Waals surface area contributed by atoms with Gasteiger partial charge in [-0.25, -0.2) is 14.8 Å². The SMILES string of the molecule is CON=C(C(=O)N[C@@H]1C(=O)N2C(C(=O)O)=C(CSc3nc(-c4ccccc4)c(C)s3)CS[C@@H]12)c1csc(N)n1. The van der Waals surface area contributed by atoms with Gasteiger partial charge in [0.25, 0.3) is 11.8 Å².